The predicted octanol–water partition coefficient (Wildman–Crippen LogP) is 2.42. The number of para-hydroxylation sites is 1. The number of ether oxygens (including phenoxy) is 1. The maximum Gasteiger partial charge on any atom is 0.222 e. The second-order valence-electron chi connectivity index (χ2n) is 4.48. The smallest absolute Gasteiger partial charge is 0.222 e. The van der Waals surface area contributed by atoms with E-state index in [0.29, 0.717) is 11.7 Å². The van der Waals surface area contributed by atoms with Crippen molar-refractivity contribution in [3.05, 3.63) is 42.7 Å². The van der Waals surface area contributed by atoms with Crippen molar-refractivity contribution < 1.29 is 4.74 Å². The molecule has 1 aromatic heterocycles. The minimum Gasteiger partial charge on any atom is -0.494 e. The number of aromatic nitrogens is 2. The molecule has 0 amide bonds. The molecular formula is C15H20N4O. The fraction of sp³-hybridized carbons (Fsp3) is 0.333. The zero-order valence-corrected chi connectivity index (χ0v) is 11.9. The van der Waals surface area contributed by atoms with E-state index < -0.39 is 0 Å². The van der Waals surface area contributed by atoms with E-state index in [1.165, 1.54) is 5.69 Å². The normalized spacial score (nSPS) is 10.1. The Morgan fingerprint density at radius 2 is 1.85 bits per heavy atom. The first kappa shape index (κ1) is 14.1. The average molecular weight is 272 g/mol. The quantitative estimate of drug-likeness (QED) is 0.784. The maximum absolute atomic E-state index is 5.02. The third kappa shape index (κ3) is 4.12. The molecule has 2 aromatic rings. The van der Waals surface area contributed by atoms with Gasteiger partial charge in [-0.25, -0.2) is 9.97 Å². The summed E-state index contributed by atoms with van der Waals surface area (Å²) >= 11 is 0. The molecular weight excluding hydrogens is 252 g/mol. The van der Waals surface area contributed by atoms with Gasteiger partial charge in [-0.3, -0.25) is 0 Å². The van der Waals surface area contributed by atoms with Gasteiger partial charge in [0.05, 0.1) is 19.5 Å². The van der Waals surface area contributed by atoms with Crippen molar-refractivity contribution in [2.24, 2.45) is 0 Å². The van der Waals surface area contributed by atoms with E-state index in [1.54, 1.807) is 19.5 Å². The summed E-state index contributed by atoms with van der Waals surface area (Å²) in [6, 6.07) is 10.4. The molecule has 106 valence electrons. The van der Waals surface area contributed by atoms with Crippen molar-refractivity contribution in [1.29, 1.82) is 0 Å². The molecule has 0 atom stereocenters. The van der Waals surface area contributed by atoms with Crippen LogP contribution in [0.3, 0.4) is 0 Å². The van der Waals surface area contributed by atoms with Crippen molar-refractivity contribution in [2.75, 3.05) is 37.5 Å². The molecule has 0 aliphatic rings. The number of nitrogens with one attached hydrogen (secondary N) is 1. The molecule has 1 heterocycles. The Balaban J connectivity index is 1.70. The summed E-state index contributed by atoms with van der Waals surface area (Å²) in [5.41, 5.74) is 1.23. The largest absolute Gasteiger partial charge is 0.494 e. The summed E-state index contributed by atoms with van der Waals surface area (Å²) < 4.78 is 5.02. The van der Waals surface area contributed by atoms with Gasteiger partial charge in [-0.1, -0.05) is 18.2 Å². The number of hydrogen-bond acceptors (Lipinski definition) is 5. The number of nitrogens with zero attached hydrogens (tertiary/aromatic N) is 3. The lowest BCUT2D eigenvalue weighted by Crippen LogP contribution is -2.21. The molecule has 1 N–H and O–H groups in total. The Labute approximate surface area is 119 Å². The summed E-state index contributed by atoms with van der Waals surface area (Å²) in [4.78, 5) is 10.6. The van der Waals surface area contributed by atoms with E-state index in [4.69, 9.17) is 4.74 Å². The van der Waals surface area contributed by atoms with Crippen LogP contribution in [0.5, 0.6) is 5.75 Å². The Kier molecular flexibility index (Phi) is 5.17. The number of methoxy groups -OCH3 is 1. The van der Waals surface area contributed by atoms with Crippen molar-refractivity contribution in [1.82, 2.24) is 9.97 Å². The highest BCUT2D eigenvalue weighted by atomic mass is 16.5. The standard InChI is InChI=1S/C15H20N4O/c1-19(13-7-4-3-5-8-13)10-6-9-16-15-17-11-14(20-2)12-18-15/h3-5,7-8,11-12H,6,9-10H2,1-2H3,(H,16,17,18). The molecule has 5 nitrogen and oxygen atoms in total. The van der Waals surface area contributed by atoms with Crippen LogP contribution >= 0.6 is 0 Å². The second kappa shape index (κ2) is 7.33. The van der Waals surface area contributed by atoms with Crippen LogP contribution in [0.25, 0.3) is 0 Å². The third-order valence-corrected chi connectivity index (χ3v) is 3.01. The van der Waals surface area contributed by atoms with Crippen LogP contribution in [-0.2, 0) is 0 Å². The minimum absolute atomic E-state index is 0.633. The summed E-state index contributed by atoms with van der Waals surface area (Å²) in [5, 5.41) is 3.20. The van der Waals surface area contributed by atoms with Gasteiger partial charge in [0, 0.05) is 25.8 Å². The molecule has 0 bridgehead atoms. The molecule has 0 saturated carbocycles. The fourth-order valence-corrected chi connectivity index (χ4v) is 1.84. The van der Waals surface area contributed by atoms with Crippen LogP contribution in [-0.4, -0.2) is 37.2 Å². The van der Waals surface area contributed by atoms with Gasteiger partial charge in [0.1, 0.15) is 0 Å². The van der Waals surface area contributed by atoms with E-state index in [0.717, 1.165) is 19.5 Å². The molecule has 0 radical (unpaired) electrons. The number of rotatable bonds is 7. The Morgan fingerprint density at radius 1 is 1.15 bits per heavy atom. The highest BCUT2D eigenvalue weighted by Crippen LogP contribution is 2.11. The minimum atomic E-state index is 0.633. The molecule has 2 rings (SSSR count). The highest BCUT2D eigenvalue weighted by molar-refractivity contribution is 5.44. The van der Waals surface area contributed by atoms with E-state index in [-0.39, 0.29) is 0 Å². The SMILES string of the molecule is COc1cnc(NCCCN(C)c2ccccc2)nc1. The summed E-state index contributed by atoms with van der Waals surface area (Å²) in [5.74, 6) is 1.30. The second-order valence-corrected chi connectivity index (χ2v) is 4.48. The summed E-state index contributed by atoms with van der Waals surface area (Å²) in [6.07, 6.45) is 4.33. The van der Waals surface area contributed by atoms with Gasteiger partial charge in [0.25, 0.3) is 0 Å². The van der Waals surface area contributed by atoms with E-state index >= 15 is 0 Å². The van der Waals surface area contributed by atoms with Crippen molar-refractivity contribution >= 4 is 11.6 Å². The zero-order valence-electron chi connectivity index (χ0n) is 11.9. The van der Waals surface area contributed by atoms with Gasteiger partial charge in [-0.05, 0) is 18.6 Å². The zero-order chi connectivity index (χ0) is 14.2. The molecule has 1 aromatic carbocycles. The number of hydrogen-bond donors (Lipinski definition) is 1. The Hall–Kier alpha value is -2.30. The first-order valence-electron chi connectivity index (χ1n) is 6.65. The van der Waals surface area contributed by atoms with E-state index in [9.17, 15) is 0 Å². The van der Waals surface area contributed by atoms with Gasteiger partial charge in [-0.2, -0.15) is 0 Å². The van der Waals surface area contributed by atoms with Crippen LogP contribution in [0.1, 0.15) is 6.42 Å². The lowest BCUT2D eigenvalue weighted by Gasteiger charge is -2.19. The summed E-state index contributed by atoms with van der Waals surface area (Å²) in [6.45, 7) is 1.82. The number of anilines is 2. The van der Waals surface area contributed by atoms with Gasteiger partial charge >= 0.3 is 0 Å². The van der Waals surface area contributed by atoms with Gasteiger partial charge in [-0.15, -0.1) is 0 Å². The van der Waals surface area contributed by atoms with Gasteiger partial charge < -0.3 is 15.0 Å². The third-order valence-electron chi connectivity index (χ3n) is 3.01. The molecule has 0 spiro atoms. The Morgan fingerprint density at radius 3 is 2.50 bits per heavy atom. The summed E-state index contributed by atoms with van der Waals surface area (Å²) in [7, 11) is 3.70. The first-order valence-corrected chi connectivity index (χ1v) is 6.65. The maximum atomic E-state index is 5.02. The molecule has 0 unspecified atom stereocenters. The van der Waals surface area contributed by atoms with Gasteiger partial charge in [0.15, 0.2) is 5.75 Å². The first-order chi connectivity index (χ1) is 9.79. The molecule has 0 aliphatic carbocycles. The van der Waals surface area contributed by atoms with Crippen LogP contribution < -0.4 is 15.0 Å². The molecule has 20 heavy (non-hydrogen) atoms. The van der Waals surface area contributed by atoms with Crippen molar-refractivity contribution in [3.63, 3.8) is 0 Å². The van der Waals surface area contributed by atoms with Crippen LogP contribution in [0, 0.1) is 0 Å². The van der Waals surface area contributed by atoms with Crippen LogP contribution in [0.4, 0.5) is 11.6 Å². The van der Waals surface area contributed by atoms with E-state index in [2.05, 4.69) is 51.5 Å². The lowest BCUT2D eigenvalue weighted by molar-refractivity contribution is 0.411. The topological polar surface area (TPSA) is 50.3 Å². The van der Waals surface area contributed by atoms with Crippen LogP contribution in [0.2, 0.25) is 0 Å². The van der Waals surface area contributed by atoms with E-state index in [1.807, 2.05) is 6.07 Å². The lowest BCUT2D eigenvalue weighted by atomic mass is 10.3. The molecule has 5 heteroatoms. The Bertz CT molecular complexity index is 501. The van der Waals surface area contributed by atoms with Crippen molar-refractivity contribution in [3.8, 4) is 5.75 Å². The average Bonchev–Trinajstić information content (AvgIpc) is 2.53. The van der Waals surface area contributed by atoms with Gasteiger partial charge in [0.2, 0.25) is 5.95 Å². The molecule has 0 fully saturated rings. The van der Waals surface area contributed by atoms with Crippen LogP contribution in [0.15, 0.2) is 42.7 Å². The monoisotopic (exact) mass is 272 g/mol. The number of benzene rings is 1. The molecule has 0 aliphatic heterocycles. The van der Waals surface area contributed by atoms with Crippen molar-refractivity contribution in [2.45, 2.75) is 6.42 Å². The predicted molar refractivity (Wildman–Crippen MR) is 81.4 cm³/mol. The fourth-order valence-electron chi connectivity index (χ4n) is 1.84. The highest BCUT2D eigenvalue weighted by Gasteiger charge is 2.00. The molecule has 0 saturated heterocycles.